The van der Waals surface area contributed by atoms with E-state index in [-0.39, 0.29) is 28.5 Å². The normalized spacial score (nSPS) is 17.8. The molecular weight excluding hydrogens is 430 g/mol. The summed E-state index contributed by atoms with van der Waals surface area (Å²) in [5, 5.41) is 4.49. The third-order valence-electron chi connectivity index (χ3n) is 6.49. The molecule has 2 aliphatic rings. The fraction of sp³-hybridized carbons (Fsp3) is 0.591. The van der Waals surface area contributed by atoms with Gasteiger partial charge in [-0.15, -0.1) is 0 Å². The number of sulfonamides is 1. The summed E-state index contributed by atoms with van der Waals surface area (Å²) in [6.07, 6.45) is 3.55. The number of amides is 1. The highest BCUT2D eigenvalue weighted by Crippen LogP contribution is 2.37. The minimum Gasteiger partial charge on any atom is -0.339 e. The number of nitrogens with zero attached hydrogens (tertiary/aromatic N) is 5. The number of rotatable bonds is 7. The molecule has 32 heavy (non-hydrogen) atoms. The molecule has 1 aliphatic carbocycles. The maximum Gasteiger partial charge on any atom is 0.345 e. The minimum atomic E-state index is -3.54. The highest BCUT2D eigenvalue weighted by Gasteiger charge is 2.34. The van der Waals surface area contributed by atoms with Crippen molar-refractivity contribution in [1.29, 1.82) is 0 Å². The summed E-state index contributed by atoms with van der Waals surface area (Å²) in [5.74, 6) is 0.907. The quantitative estimate of drug-likeness (QED) is 0.628. The van der Waals surface area contributed by atoms with Crippen molar-refractivity contribution in [1.82, 2.24) is 23.6 Å². The van der Waals surface area contributed by atoms with E-state index in [0.29, 0.717) is 31.7 Å². The molecule has 10 heteroatoms. The van der Waals surface area contributed by atoms with Crippen LogP contribution >= 0.6 is 0 Å². The van der Waals surface area contributed by atoms with Gasteiger partial charge in [0.2, 0.25) is 10.0 Å². The molecule has 2 aromatic rings. The summed E-state index contributed by atoms with van der Waals surface area (Å²) >= 11 is 0. The molecule has 0 spiro atoms. The molecule has 1 amide bonds. The first kappa shape index (κ1) is 22.7. The second kappa shape index (κ2) is 8.82. The largest absolute Gasteiger partial charge is 0.345 e. The number of aromatic nitrogens is 3. The summed E-state index contributed by atoms with van der Waals surface area (Å²) in [6.45, 7) is 5.57. The number of likely N-dealkylation sites (tertiary alicyclic amines) is 1. The first-order chi connectivity index (χ1) is 15.3. The summed E-state index contributed by atoms with van der Waals surface area (Å²) in [7, 11) is -1.85. The van der Waals surface area contributed by atoms with Crippen LogP contribution in [-0.4, -0.2) is 64.1 Å². The lowest BCUT2D eigenvalue weighted by molar-refractivity contribution is 0.0710. The number of piperidine rings is 1. The van der Waals surface area contributed by atoms with E-state index >= 15 is 0 Å². The molecule has 1 aromatic carbocycles. The molecule has 1 saturated heterocycles. The summed E-state index contributed by atoms with van der Waals surface area (Å²) in [5.41, 5.74) is 0.426. The van der Waals surface area contributed by atoms with Gasteiger partial charge in [0.15, 0.2) is 0 Å². The fourth-order valence-corrected chi connectivity index (χ4v) is 5.92. The topological polar surface area (TPSA) is 97.5 Å². The van der Waals surface area contributed by atoms with Gasteiger partial charge in [-0.1, -0.05) is 13.8 Å². The molecule has 0 radical (unpaired) electrons. The van der Waals surface area contributed by atoms with E-state index in [1.54, 1.807) is 37.9 Å². The second-order valence-electron chi connectivity index (χ2n) is 8.55. The Labute approximate surface area is 188 Å². The van der Waals surface area contributed by atoms with Crippen LogP contribution in [0.4, 0.5) is 0 Å². The van der Waals surface area contributed by atoms with Crippen molar-refractivity contribution in [2.24, 2.45) is 7.05 Å². The first-order valence-electron chi connectivity index (χ1n) is 11.3. The molecule has 0 atom stereocenters. The second-order valence-corrected chi connectivity index (χ2v) is 10.5. The van der Waals surface area contributed by atoms with E-state index < -0.39 is 10.0 Å². The Morgan fingerprint density at radius 2 is 1.66 bits per heavy atom. The van der Waals surface area contributed by atoms with E-state index in [0.717, 1.165) is 31.5 Å². The van der Waals surface area contributed by atoms with Crippen LogP contribution in [0.15, 0.2) is 34.0 Å². The van der Waals surface area contributed by atoms with Crippen molar-refractivity contribution in [3.8, 4) is 0 Å². The van der Waals surface area contributed by atoms with E-state index in [2.05, 4.69) is 5.10 Å². The Kier molecular flexibility index (Phi) is 6.26. The average Bonchev–Trinajstić information content (AvgIpc) is 3.59. The van der Waals surface area contributed by atoms with Crippen molar-refractivity contribution in [3.63, 3.8) is 0 Å². The van der Waals surface area contributed by atoms with Crippen LogP contribution in [-0.2, 0) is 17.1 Å². The number of carbonyl (C=O) groups excluding carboxylic acids is 1. The first-order valence-corrected chi connectivity index (χ1v) is 12.8. The molecule has 1 aliphatic heterocycles. The zero-order valence-corrected chi connectivity index (χ0v) is 19.7. The Morgan fingerprint density at radius 1 is 1.06 bits per heavy atom. The molecular formula is C22H31N5O4S. The number of aryl methyl sites for hydroxylation is 1. The van der Waals surface area contributed by atoms with Gasteiger partial charge >= 0.3 is 5.69 Å². The number of carbonyl (C=O) groups is 1. The molecule has 0 unspecified atom stereocenters. The van der Waals surface area contributed by atoms with Crippen molar-refractivity contribution < 1.29 is 13.2 Å². The predicted molar refractivity (Wildman–Crippen MR) is 120 cm³/mol. The molecule has 9 nitrogen and oxygen atoms in total. The van der Waals surface area contributed by atoms with Crippen molar-refractivity contribution in [3.05, 3.63) is 46.1 Å². The average molecular weight is 462 g/mol. The third kappa shape index (κ3) is 4.13. The van der Waals surface area contributed by atoms with E-state index in [4.69, 9.17) is 0 Å². The molecule has 0 N–H and O–H groups in total. The Bertz CT molecular complexity index is 1140. The van der Waals surface area contributed by atoms with Crippen LogP contribution in [0.5, 0.6) is 0 Å². The lowest BCUT2D eigenvalue weighted by atomic mass is 9.95. The molecule has 1 saturated carbocycles. The Hall–Kier alpha value is -2.46. The smallest absolute Gasteiger partial charge is 0.339 e. The lowest BCUT2D eigenvalue weighted by Crippen LogP contribution is -2.38. The summed E-state index contributed by atoms with van der Waals surface area (Å²) < 4.78 is 30.0. The van der Waals surface area contributed by atoms with Crippen molar-refractivity contribution in [2.75, 3.05) is 26.2 Å². The van der Waals surface area contributed by atoms with Gasteiger partial charge in [-0.3, -0.25) is 9.36 Å². The SMILES string of the molecule is CCN(CC)S(=O)(=O)c1ccc(C(=O)N2CCC(c3nn(C)c(=O)n3C3CC3)CC2)cc1. The van der Waals surface area contributed by atoms with E-state index in [1.807, 2.05) is 4.57 Å². The van der Waals surface area contributed by atoms with Gasteiger partial charge in [-0.2, -0.15) is 9.40 Å². The highest BCUT2D eigenvalue weighted by molar-refractivity contribution is 7.89. The van der Waals surface area contributed by atoms with Gasteiger partial charge in [0.1, 0.15) is 5.82 Å². The van der Waals surface area contributed by atoms with Gasteiger partial charge in [0.05, 0.1) is 4.90 Å². The monoisotopic (exact) mass is 461 g/mol. The zero-order chi connectivity index (χ0) is 23.0. The Balaban J connectivity index is 1.43. The van der Waals surface area contributed by atoms with E-state index in [9.17, 15) is 18.0 Å². The molecule has 2 heterocycles. The number of hydrogen-bond donors (Lipinski definition) is 0. The molecule has 174 valence electrons. The lowest BCUT2D eigenvalue weighted by Gasteiger charge is -2.31. The third-order valence-corrected chi connectivity index (χ3v) is 8.55. The standard InChI is InChI=1S/C22H31N5O4S/c1-4-26(5-2)32(30,31)19-10-6-17(7-11-19)21(28)25-14-12-16(13-15-25)20-23-24(3)22(29)27(20)18-8-9-18/h6-7,10-11,16,18H,4-5,8-9,12-15H2,1-3H3. The molecule has 1 aromatic heterocycles. The van der Waals surface area contributed by atoms with Crippen LogP contribution in [0.1, 0.15) is 67.7 Å². The van der Waals surface area contributed by atoms with Crippen LogP contribution in [0.25, 0.3) is 0 Å². The van der Waals surface area contributed by atoms with E-state index in [1.165, 1.54) is 21.1 Å². The Morgan fingerprint density at radius 3 is 2.19 bits per heavy atom. The van der Waals surface area contributed by atoms with Crippen molar-refractivity contribution >= 4 is 15.9 Å². The minimum absolute atomic E-state index is 0.0549. The maximum absolute atomic E-state index is 13.0. The maximum atomic E-state index is 13.0. The van der Waals surface area contributed by atoms with Crippen LogP contribution in [0.2, 0.25) is 0 Å². The van der Waals surface area contributed by atoms with Crippen molar-refractivity contribution in [2.45, 2.75) is 56.4 Å². The molecule has 0 bridgehead atoms. The zero-order valence-electron chi connectivity index (χ0n) is 18.9. The summed E-state index contributed by atoms with van der Waals surface area (Å²) in [6, 6.07) is 6.48. The number of hydrogen-bond acceptors (Lipinski definition) is 5. The van der Waals surface area contributed by atoms with Gasteiger partial charge in [0.25, 0.3) is 5.91 Å². The number of benzene rings is 1. The fourth-order valence-electron chi connectivity index (χ4n) is 4.46. The van der Waals surface area contributed by atoms with Crippen LogP contribution in [0, 0.1) is 0 Å². The van der Waals surface area contributed by atoms with Crippen LogP contribution < -0.4 is 5.69 Å². The predicted octanol–water partition coefficient (Wildman–Crippen LogP) is 1.97. The van der Waals surface area contributed by atoms with Gasteiger partial charge in [-0.05, 0) is 49.9 Å². The molecule has 2 fully saturated rings. The van der Waals surface area contributed by atoms with Crippen LogP contribution in [0.3, 0.4) is 0 Å². The molecule has 4 rings (SSSR count). The van der Waals surface area contributed by atoms with Gasteiger partial charge < -0.3 is 4.90 Å². The summed E-state index contributed by atoms with van der Waals surface area (Å²) in [4.78, 5) is 27.4. The highest BCUT2D eigenvalue weighted by atomic mass is 32.2. The van der Waals surface area contributed by atoms with Gasteiger partial charge in [0, 0.05) is 50.7 Å². The van der Waals surface area contributed by atoms with Gasteiger partial charge in [-0.25, -0.2) is 17.9 Å².